The maximum Gasteiger partial charge on any atom is 0.229 e. The maximum atomic E-state index is 12.7. The van der Waals surface area contributed by atoms with E-state index in [2.05, 4.69) is 0 Å². The number of aromatic hydroxyl groups is 2. The fourth-order valence-corrected chi connectivity index (χ4v) is 4.74. The molecule has 2 fully saturated rings. The van der Waals surface area contributed by atoms with E-state index in [-0.39, 0.29) is 28.2 Å². The van der Waals surface area contributed by atoms with Gasteiger partial charge in [-0.1, -0.05) is 0 Å². The van der Waals surface area contributed by atoms with E-state index in [0.717, 1.165) is 0 Å². The molecule has 0 amide bonds. The van der Waals surface area contributed by atoms with Crippen LogP contribution in [0.25, 0.3) is 22.3 Å². The lowest BCUT2D eigenvalue weighted by Gasteiger charge is -2.45. The van der Waals surface area contributed by atoms with E-state index in [1.54, 1.807) is 0 Å². The van der Waals surface area contributed by atoms with Crippen LogP contribution in [0.3, 0.4) is 0 Å². The largest absolute Gasteiger partial charge is 0.504 e. The molecule has 2 aliphatic heterocycles. The van der Waals surface area contributed by atoms with Crippen LogP contribution in [0.2, 0.25) is 0 Å². The molecule has 5 rings (SSSR count). The van der Waals surface area contributed by atoms with Gasteiger partial charge in [-0.25, -0.2) is 0 Å². The van der Waals surface area contributed by atoms with E-state index in [1.165, 1.54) is 49.4 Å². The van der Waals surface area contributed by atoms with Gasteiger partial charge < -0.3 is 64.2 Å². The van der Waals surface area contributed by atoms with Crippen molar-refractivity contribution in [2.24, 2.45) is 0 Å². The second-order valence-electron chi connectivity index (χ2n) is 9.94. The quantitative estimate of drug-likeness (QED) is 0.162. The SMILES string of the molecule is C[C@@H]1O[C@@H](O[C@H]2[C@H](Oc3ccc4c(=O)cc(-c5ccc(O)c(O)c5)oc4c3)O[C@H](CO)[C@@H](O)[C@@H]2O)[C@H](O)[C@H](O)[C@H]1O. The molecule has 0 bridgehead atoms. The first kappa shape index (κ1) is 29.2. The number of fused-ring (bicyclic) bond motifs is 1. The third kappa shape index (κ3) is 5.61. The average molecular weight is 579 g/mol. The highest BCUT2D eigenvalue weighted by atomic mass is 16.8. The Morgan fingerprint density at radius 1 is 0.805 bits per heavy atom. The molecule has 0 unspecified atom stereocenters. The fourth-order valence-electron chi connectivity index (χ4n) is 4.74. The minimum absolute atomic E-state index is 0.0548. The molecule has 14 nitrogen and oxygen atoms in total. The van der Waals surface area contributed by atoms with Gasteiger partial charge in [0.05, 0.1) is 18.1 Å². The summed E-state index contributed by atoms with van der Waals surface area (Å²) in [5.74, 6) is -0.622. The first-order valence-corrected chi connectivity index (χ1v) is 12.7. The fraction of sp³-hybridized carbons (Fsp3) is 0.444. The molecule has 8 N–H and O–H groups in total. The van der Waals surface area contributed by atoms with E-state index in [4.69, 9.17) is 23.4 Å². The van der Waals surface area contributed by atoms with Crippen LogP contribution in [0, 0.1) is 0 Å². The second-order valence-corrected chi connectivity index (χ2v) is 9.94. The minimum atomic E-state index is -1.73. The number of aliphatic hydroxyl groups is 6. The van der Waals surface area contributed by atoms with Crippen molar-refractivity contribution in [3.8, 4) is 28.6 Å². The number of rotatable bonds is 6. The van der Waals surface area contributed by atoms with Gasteiger partial charge in [-0.15, -0.1) is 0 Å². The van der Waals surface area contributed by atoms with Gasteiger partial charge >= 0.3 is 0 Å². The lowest BCUT2D eigenvalue weighted by molar-refractivity contribution is -0.354. The van der Waals surface area contributed by atoms with Gasteiger partial charge in [0.1, 0.15) is 53.7 Å². The van der Waals surface area contributed by atoms with E-state index in [0.29, 0.717) is 5.56 Å². The van der Waals surface area contributed by atoms with Crippen LogP contribution in [0.1, 0.15) is 6.92 Å². The van der Waals surface area contributed by atoms with Crippen molar-refractivity contribution < 1.29 is 64.2 Å². The molecule has 2 aliphatic rings. The van der Waals surface area contributed by atoms with Crippen LogP contribution in [-0.4, -0.2) is 109 Å². The number of aliphatic hydroxyl groups excluding tert-OH is 6. The Morgan fingerprint density at radius 3 is 2.27 bits per heavy atom. The van der Waals surface area contributed by atoms with Crippen LogP contribution in [0.5, 0.6) is 17.2 Å². The average Bonchev–Trinajstić information content (AvgIpc) is 2.95. The van der Waals surface area contributed by atoms with E-state index in [9.17, 15) is 45.6 Å². The summed E-state index contributed by atoms with van der Waals surface area (Å²) in [6.07, 6.45) is -15.0. The summed E-state index contributed by atoms with van der Waals surface area (Å²) in [4.78, 5) is 12.7. The summed E-state index contributed by atoms with van der Waals surface area (Å²) >= 11 is 0. The summed E-state index contributed by atoms with van der Waals surface area (Å²) in [6, 6.07) is 9.28. The standard InChI is InChI=1S/C27H30O14/c1-10-20(32)22(34)24(36)26(37-10)41-25-23(35)21(33)19(9-28)40-27(25)38-12-3-4-13-15(30)8-17(39-18(13)7-12)11-2-5-14(29)16(31)6-11/h2-8,10,19-29,31-36H,9H2,1H3/t10-,19+,20-,21+,22+,23-,24+,25+,26-,27+/m0/s1. The number of hydrogen-bond acceptors (Lipinski definition) is 14. The van der Waals surface area contributed by atoms with E-state index < -0.39 is 79.2 Å². The molecule has 2 aromatic carbocycles. The predicted molar refractivity (Wildman–Crippen MR) is 137 cm³/mol. The van der Waals surface area contributed by atoms with Crippen molar-refractivity contribution in [1.82, 2.24) is 0 Å². The highest BCUT2D eigenvalue weighted by Gasteiger charge is 2.50. The molecule has 0 spiro atoms. The molecule has 1 aromatic heterocycles. The summed E-state index contributed by atoms with van der Waals surface area (Å²) in [5, 5.41) is 81.0. The van der Waals surface area contributed by atoms with Crippen molar-refractivity contribution in [3.63, 3.8) is 0 Å². The molecule has 10 atom stereocenters. The van der Waals surface area contributed by atoms with Crippen molar-refractivity contribution in [3.05, 3.63) is 52.7 Å². The van der Waals surface area contributed by atoms with E-state index >= 15 is 0 Å². The Labute approximate surface area is 231 Å². The highest BCUT2D eigenvalue weighted by molar-refractivity contribution is 5.80. The van der Waals surface area contributed by atoms with Crippen LogP contribution in [-0.2, 0) is 14.2 Å². The molecule has 0 aliphatic carbocycles. The maximum absolute atomic E-state index is 12.7. The summed E-state index contributed by atoms with van der Waals surface area (Å²) in [5.41, 5.74) is -0.0278. The number of phenols is 2. The molecule has 3 heterocycles. The predicted octanol–water partition coefficient (Wildman–Crippen LogP) is -1.10. The molecular weight excluding hydrogens is 548 g/mol. The molecule has 0 saturated carbocycles. The third-order valence-electron chi connectivity index (χ3n) is 7.14. The van der Waals surface area contributed by atoms with Crippen molar-refractivity contribution >= 4 is 11.0 Å². The van der Waals surface area contributed by atoms with Gasteiger partial charge in [0.15, 0.2) is 29.3 Å². The molecule has 14 heteroatoms. The third-order valence-corrected chi connectivity index (χ3v) is 7.14. The smallest absolute Gasteiger partial charge is 0.229 e. The van der Waals surface area contributed by atoms with Crippen LogP contribution < -0.4 is 10.2 Å². The van der Waals surface area contributed by atoms with Crippen LogP contribution in [0.15, 0.2) is 51.7 Å². The van der Waals surface area contributed by atoms with Gasteiger partial charge in [0, 0.05) is 17.7 Å². The zero-order valence-electron chi connectivity index (χ0n) is 21.5. The second kappa shape index (κ2) is 11.5. The molecule has 222 valence electrons. The van der Waals surface area contributed by atoms with Gasteiger partial charge in [0.2, 0.25) is 6.29 Å². The zero-order chi connectivity index (χ0) is 29.6. The number of ether oxygens (including phenoxy) is 4. The topological polar surface area (TPSA) is 229 Å². The van der Waals surface area contributed by atoms with Gasteiger partial charge in [-0.05, 0) is 37.3 Å². The molecule has 3 aromatic rings. The highest BCUT2D eigenvalue weighted by Crippen LogP contribution is 2.33. The molecule has 2 saturated heterocycles. The van der Waals surface area contributed by atoms with Gasteiger partial charge in [0.25, 0.3) is 0 Å². The Balaban J connectivity index is 1.45. The molecule has 41 heavy (non-hydrogen) atoms. The Bertz CT molecular complexity index is 1440. The van der Waals surface area contributed by atoms with Crippen molar-refractivity contribution in [1.29, 1.82) is 0 Å². The molecule has 0 radical (unpaired) electrons. The normalized spacial score (nSPS) is 34.0. The monoisotopic (exact) mass is 578 g/mol. The zero-order valence-corrected chi connectivity index (χ0v) is 21.5. The number of phenolic OH excluding ortho intramolecular Hbond substituents is 2. The first-order chi connectivity index (χ1) is 19.5. The Kier molecular flexibility index (Phi) is 8.20. The van der Waals surface area contributed by atoms with Crippen molar-refractivity contribution in [2.45, 2.75) is 68.3 Å². The number of hydrogen-bond donors (Lipinski definition) is 8. The Hall–Kier alpha value is -3.31. The summed E-state index contributed by atoms with van der Waals surface area (Å²) < 4.78 is 28.5. The van der Waals surface area contributed by atoms with E-state index in [1.807, 2.05) is 0 Å². The van der Waals surface area contributed by atoms with Gasteiger partial charge in [-0.3, -0.25) is 4.79 Å². The minimum Gasteiger partial charge on any atom is -0.504 e. The summed E-state index contributed by atoms with van der Waals surface area (Å²) in [7, 11) is 0. The first-order valence-electron chi connectivity index (χ1n) is 12.7. The van der Waals surface area contributed by atoms with Crippen LogP contribution >= 0.6 is 0 Å². The lowest BCUT2D eigenvalue weighted by Crippen LogP contribution is -2.64. The van der Waals surface area contributed by atoms with Gasteiger partial charge in [-0.2, -0.15) is 0 Å². The van der Waals surface area contributed by atoms with Crippen molar-refractivity contribution in [2.75, 3.05) is 6.61 Å². The summed E-state index contributed by atoms with van der Waals surface area (Å²) in [6.45, 7) is 0.746. The lowest BCUT2D eigenvalue weighted by atomic mass is 9.97. The Morgan fingerprint density at radius 2 is 1.56 bits per heavy atom. The molecular formula is C27H30O14. The van der Waals surface area contributed by atoms with Crippen LogP contribution in [0.4, 0.5) is 0 Å². The number of benzene rings is 2.